The Morgan fingerprint density at radius 3 is 2.50 bits per heavy atom. The SMILES string of the molecule is CC(=O)Nc1ccc(-c2csc(NC(=O)c3cc(=O)n(C)c4ccccc34)n2)cc1. The third-order valence-corrected chi connectivity index (χ3v) is 5.38. The van der Waals surface area contributed by atoms with Crippen LogP contribution in [0, 0.1) is 0 Å². The zero-order valence-electron chi connectivity index (χ0n) is 16.3. The number of rotatable bonds is 4. The van der Waals surface area contributed by atoms with Crippen LogP contribution in [0.25, 0.3) is 22.2 Å². The molecule has 0 bridgehead atoms. The minimum absolute atomic E-state index is 0.135. The van der Waals surface area contributed by atoms with Crippen molar-refractivity contribution in [2.45, 2.75) is 6.92 Å². The van der Waals surface area contributed by atoms with Gasteiger partial charge in [0.15, 0.2) is 5.13 Å². The maximum Gasteiger partial charge on any atom is 0.258 e. The second-order valence-corrected chi connectivity index (χ2v) is 7.58. The smallest absolute Gasteiger partial charge is 0.258 e. The van der Waals surface area contributed by atoms with Gasteiger partial charge < -0.3 is 9.88 Å². The van der Waals surface area contributed by atoms with E-state index >= 15 is 0 Å². The summed E-state index contributed by atoms with van der Waals surface area (Å²) in [6.07, 6.45) is 0. The molecule has 30 heavy (non-hydrogen) atoms. The van der Waals surface area contributed by atoms with Gasteiger partial charge in [0.05, 0.1) is 16.8 Å². The molecule has 0 radical (unpaired) electrons. The number of benzene rings is 2. The molecule has 0 aliphatic rings. The third-order valence-electron chi connectivity index (χ3n) is 4.62. The molecule has 4 rings (SSSR count). The molecule has 0 aliphatic heterocycles. The molecule has 2 amide bonds. The molecule has 4 aromatic rings. The lowest BCUT2D eigenvalue weighted by Gasteiger charge is -2.09. The first-order chi connectivity index (χ1) is 14.4. The number of para-hydroxylation sites is 1. The number of anilines is 2. The molecule has 7 nitrogen and oxygen atoms in total. The molecule has 2 aromatic heterocycles. The molecule has 2 heterocycles. The minimum Gasteiger partial charge on any atom is -0.326 e. The van der Waals surface area contributed by atoms with Crippen molar-refractivity contribution < 1.29 is 9.59 Å². The van der Waals surface area contributed by atoms with Crippen LogP contribution in [0.3, 0.4) is 0 Å². The molecule has 0 atom stereocenters. The molecule has 0 aliphatic carbocycles. The van der Waals surface area contributed by atoms with E-state index in [4.69, 9.17) is 0 Å². The summed E-state index contributed by atoms with van der Waals surface area (Å²) in [5.41, 5.74) is 3.02. The highest BCUT2D eigenvalue weighted by atomic mass is 32.1. The molecular weight excluding hydrogens is 400 g/mol. The molecule has 150 valence electrons. The van der Waals surface area contributed by atoms with Gasteiger partial charge in [-0.1, -0.05) is 30.3 Å². The number of amides is 2. The lowest BCUT2D eigenvalue weighted by atomic mass is 10.1. The Labute approximate surface area is 176 Å². The van der Waals surface area contributed by atoms with Crippen molar-refractivity contribution in [1.82, 2.24) is 9.55 Å². The quantitative estimate of drug-likeness (QED) is 0.526. The van der Waals surface area contributed by atoms with Crippen molar-refractivity contribution in [1.29, 1.82) is 0 Å². The highest BCUT2D eigenvalue weighted by molar-refractivity contribution is 7.14. The van der Waals surface area contributed by atoms with Gasteiger partial charge in [0.2, 0.25) is 5.91 Å². The van der Waals surface area contributed by atoms with Gasteiger partial charge in [-0.2, -0.15) is 0 Å². The van der Waals surface area contributed by atoms with Crippen LogP contribution in [0.1, 0.15) is 17.3 Å². The van der Waals surface area contributed by atoms with Crippen LogP contribution in [0.15, 0.2) is 64.8 Å². The fraction of sp³-hybridized carbons (Fsp3) is 0.0909. The van der Waals surface area contributed by atoms with Gasteiger partial charge in [0.25, 0.3) is 11.5 Å². The zero-order valence-corrected chi connectivity index (χ0v) is 17.1. The van der Waals surface area contributed by atoms with Gasteiger partial charge in [0, 0.05) is 42.1 Å². The van der Waals surface area contributed by atoms with Crippen LogP contribution in [0.2, 0.25) is 0 Å². The van der Waals surface area contributed by atoms with Crippen molar-refractivity contribution >= 4 is 44.9 Å². The van der Waals surface area contributed by atoms with Crippen molar-refractivity contribution in [3.05, 3.63) is 75.9 Å². The maximum absolute atomic E-state index is 12.9. The van der Waals surface area contributed by atoms with E-state index < -0.39 is 0 Å². The van der Waals surface area contributed by atoms with Crippen molar-refractivity contribution in [2.24, 2.45) is 7.05 Å². The van der Waals surface area contributed by atoms with Gasteiger partial charge in [-0.05, 0) is 18.2 Å². The Balaban J connectivity index is 1.58. The number of aromatic nitrogens is 2. The summed E-state index contributed by atoms with van der Waals surface area (Å²) in [5, 5.41) is 8.47. The highest BCUT2D eigenvalue weighted by Crippen LogP contribution is 2.27. The van der Waals surface area contributed by atoms with Crippen LogP contribution >= 0.6 is 11.3 Å². The Morgan fingerprint density at radius 1 is 1.03 bits per heavy atom. The van der Waals surface area contributed by atoms with E-state index in [0.717, 1.165) is 5.56 Å². The predicted octanol–water partition coefficient (Wildman–Crippen LogP) is 3.87. The summed E-state index contributed by atoms with van der Waals surface area (Å²) in [6.45, 7) is 1.45. The van der Waals surface area contributed by atoms with Crippen LogP contribution in [0.4, 0.5) is 10.8 Å². The van der Waals surface area contributed by atoms with E-state index in [1.165, 1.54) is 28.9 Å². The second kappa shape index (κ2) is 7.92. The van der Waals surface area contributed by atoms with Gasteiger partial charge in [-0.15, -0.1) is 11.3 Å². The van der Waals surface area contributed by atoms with E-state index in [9.17, 15) is 14.4 Å². The average Bonchev–Trinajstić information content (AvgIpc) is 3.19. The summed E-state index contributed by atoms with van der Waals surface area (Å²) < 4.78 is 1.51. The Hall–Kier alpha value is -3.78. The molecule has 0 fully saturated rings. The number of nitrogens with zero attached hydrogens (tertiary/aromatic N) is 2. The summed E-state index contributed by atoms with van der Waals surface area (Å²) >= 11 is 1.30. The van der Waals surface area contributed by atoms with Crippen LogP contribution in [0.5, 0.6) is 0 Å². The van der Waals surface area contributed by atoms with Crippen molar-refractivity contribution in [2.75, 3.05) is 10.6 Å². The molecule has 0 saturated heterocycles. The average molecular weight is 418 g/mol. The summed E-state index contributed by atoms with van der Waals surface area (Å²) in [5.74, 6) is -0.518. The van der Waals surface area contributed by atoms with E-state index in [2.05, 4.69) is 15.6 Å². The van der Waals surface area contributed by atoms with Gasteiger partial charge in [-0.3, -0.25) is 19.7 Å². The largest absolute Gasteiger partial charge is 0.326 e. The zero-order chi connectivity index (χ0) is 21.3. The third kappa shape index (κ3) is 3.85. The molecule has 0 unspecified atom stereocenters. The molecule has 0 spiro atoms. The van der Waals surface area contributed by atoms with Crippen molar-refractivity contribution in [3.8, 4) is 11.3 Å². The Kier molecular flexibility index (Phi) is 5.16. The number of pyridine rings is 1. The first-order valence-electron chi connectivity index (χ1n) is 9.16. The number of hydrogen-bond acceptors (Lipinski definition) is 5. The van der Waals surface area contributed by atoms with Gasteiger partial charge >= 0.3 is 0 Å². The summed E-state index contributed by atoms with van der Waals surface area (Å²) in [6, 6.07) is 15.9. The van der Waals surface area contributed by atoms with Crippen molar-refractivity contribution in [3.63, 3.8) is 0 Å². The number of carbonyl (C=O) groups excluding carboxylic acids is 2. The molecule has 8 heteroatoms. The second-order valence-electron chi connectivity index (χ2n) is 6.72. The van der Waals surface area contributed by atoms with E-state index in [1.54, 1.807) is 25.2 Å². The maximum atomic E-state index is 12.9. The Morgan fingerprint density at radius 2 is 1.77 bits per heavy atom. The lowest BCUT2D eigenvalue weighted by molar-refractivity contribution is -0.114. The van der Waals surface area contributed by atoms with E-state index in [1.807, 2.05) is 35.7 Å². The number of aryl methyl sites for hydroxylation is 1. The number of fused-ring (bicyclic) bond motifs is 1. The van der Waals surface area contributed by atoms with Crippen LogP contribution < -0.4 is 16.2 Å². The summed E-state index contributed by atoms with van der Waals surface area (Å²) in [7, 11) is 1.68. The molecule has 2 aromatic carbocycles. The normalized spacial score (nSPS) is 10.7. The van der Waals surface area contributed by atoms with E-state index in [-0.39, 0.29) is 17.4 Å². The van der Waals surface area contributed by atoms with Crippen LogP contribution in [-0.4, -0.2) is 21.4 Å². The fourth-order valence-corrected chi connectivity index (χ4v) is 3.87. The van der Waals surface area contributed by atoms with Gasteiger partial charge in [-0.25, -0.2) is 4.98 Å². The number of hydrogen-bond donors (Lipinski definition) is 2. The number of carbonyl (C=O) groups is 2. The lowest BCUT2D eigenvalue weighted by Crippen LogP contribution is -2.21. The van der Waals surface area contributed by atoms with Crippen LogP contribution in [-0.2, 0) is 11.8 Å². The van der Waals surface area contributed by atoms with Gasteiger partial charge in [0.1, 0.15) is 0 Å². The molecular formula is C22H18N4O3S. The topological polar surface area (TPSA) is 93.1 Å². The molecule has 2 N–H and O–H groups in total. The Bertz CT molecular complexity index is 1320. The standard InChI is InChI=1S/C22H18N4O3S/c1-13(27)23-15-9-7-14(8-10-15)18-12-30-22(24-18)25-21(29)17-11-20(28)26(2)19-6-4-3-5-16(17)19/h3-12H,1-2H3,(H,23,27)(H,24,25,29). The predicted molar refractivity (Wildman–Crippen MR) is 119 cm³/mol. The minimum atomic E-state index is -0.384. The van der Waals surface area contributed by atoms with E-state index in [0.29, 0.717) is 33.0 Å². The molecule has 0 saturated carbocycles. The number of nitrogens with one attached hydrogen (secondary N) is 2. The number of thiazole rings is 1. The monoisotopic (exact) mass is 418 g/mol. The summed E-state index contributed by atoms with van der Waals surface area (Å²) in [4.78, 5) is 40.7. The first kappa shape index (κ1) is 19.5. The highest BCUT2D eigenvalue weighted by Gasteiger charge is 2.15. The first-order valence-corrected chi connectivity index (χ1v) is 10.0. The fourth-order valence-electron chi connectivity index (χ4n) is 3.15.